The fourth-order valence-corrected chi connectivity index (χ4v) is 4.35. The maximum Gasteiger partial charge on any atom is 0.326 e. The maximum absolute atomic E-state index is 12.8. The van der Waals surface area contributed by atoms with Gasteiger partial charge < -0.3 is 10.6 Å². The van der Waals surface area contributed by atoms with Gasteiger partial charge >= 0.3 is 6.03 Å². The van der Waals surface area contributed by atoms with Crippen LogP contribution in [0.1, 0.15) is 30.9 Å². The molecule has 1 saturated carbocycles. The van der Waals surface area contributed by atoms with Gasteiger partial charge in [-0.3, -0.25) is 19.4 Å². The molecular formula is C22H31N5O3. The number of nitrogens with zero attached hydrogens (tertiary/aromatic N) is 3. The number of piperazine rings is 1. The summed E-state index contributed by atoms with van der Waals surface area (Å²) >= 11 is 0. The minimum atomic E-state index is -0.731. The zero-order chi connectivity index (χ0) is 21.5. The molecule has 8 nitrogen and oxygen atoms in total. The average Bonchev–Trinajstić information content (AvgIpc) is 3.53. The third-order valence-electron chi connectivity index (χ3n) is 6.75. The van der Waals surface area contributed by atoms with Crippen molar-refractivity contribution in [3.05, 3.63) is 29.3 Å². The van der Waals surface area contributed by atoms with Crippen molar-refractivity contribution in [1.82, 2.24) is 20.0 Å². The van der Waals surface area contributed by atoms with Crippen LogP contribution in [0.3, 0.4) is 0 Å². The summed E-state index contributed by atoms with van der Waals surface area (Å²) in [5, 5.41) is 5.90. The second-order valence-electron chi connectivity index (χ2n) is 8.97. The quantitative estimate of drug-likeness (QED) is 0.691. The standard InChI is InChI=1S/C22H31N5O3/c1-15-5-4-6-18(16(15)2)23-19(28)13-25-9-11-26(12-10-25)14-27-20(29)22(3,17-7-8-17)24-21(27)30/h4-6,17H,7-14H2,1-3H3,(H,23,28)(H,24,30)/t22-/m1/s1. The predicted molar refractivity (Wildman–Crippen MR) is 114 cm³/mol. The number of amides is 4. The molecule has 0 radical (unpaired) electrons. The molecule has 0 bridgehead atoms. The second-order valence-corrected chi connectivity index (χ2v) is 8.97. The molecule has 162 valence electrons. The lowest BCUT2D eigenvalue weighted by Crippen LogP contribution is -2.53. The Morgan fingerprint density at radius 2 is 1.80 bits per heavy atom. The molecule has 1 aliphatic carbocycles. The van der Waals surface area contributed by atoms with Crippen LogP contribution in [0.5, 0.6) is 0 Å². The van der Waals surface area contributed by atoms with Gasteiger partial charge in [0.1, 0.15) is 5.54 Å². The predicted octanol–water partition coefficient (Wildman–Crippen LogP) is 1.54. The van der Waals surface area contributed by atoms with Gasteiger partial charge in [-0.05, 0) is 56.7 Å². The van der Waals surface area contributed by atoms with Crippen molar-refractivity contribution >= 4 is 23.5 Å². The summed E-state index contributed by atoms with van der Waals surface area (Å²) in [6.07, 6.45) is 2.00. The number of anilines is 1. The molecule has 2 N–H and O–H groups in total. The Bertz CT molecular complexity index is 860. The Hall–Kier alpha value is -2.45. The number of hydrogen-bond donors (Lipinski definition) is 2. The van der Waals surface area contributed by atoms with Crippen molar-refractivity contribution in [3.8, 4) is 0 Å². The van der Waals surface area contributed by atoms with Crippen LogP contribution in [0.4, 0.5) is 10.5 Å². The summed E-state index contributed by atoms with van der Waals surface area (Å²) in [5.41, 5.74) is 2.36. The lowest BCUT2D eigenvalue weighted by molar-refractivity contribution is -0.133. The van der Waals surface area contributed by atoms with E-state index in [2.05, 4.69) is 20.4 Å². The minimum Gasteiger partial charge on any atom is -0.325 e. The van der Waals surface area contributed by atoms with Crippen LogP contribution in [0, 0.1) is 19.8 Å². The zero-order valence-corrected chi connectivity index (χ0v) is 18.0. The molecule has 30 heavy (non-hydrogen) atoms. The molecule has 0 spiro atoms. The van der Waals surface area contributed by atoms with E-state index in [1.54, 1.807) is 0 Å². The van der Waals surface area contributed by atoms with E-state index in [1.807, 2.05) is 39.0 Å². The van der Waals surface area contributed by atoms with Crippen LogP contribution in [0.25, 0.3) is 0 Å². The van der Waals surface area contributed by atoms with Crippen LogP contribution in [-0.2, 0) is 9.59 Å². The highest BCUT2D eigenvalue weighted by molar-refractivity contribution is 6.07. The van der Waals surface area contributed by atoms with Gasteiger partial charge in [0.25, 0.3) is 5.91 Å². The Morgan fingerprint density at radius 1 is 1.13 bits per heavy atom. The highest BCUT2D eigenvalue weighted by Gasteiger charge is 2.56. The van der Waals surface area contributed by atoms with E-state index in [1.165, 1.54) is 4.90 Å². The molecule has 3 aliphatic rings. The number of rotatable bonds is 6. The number of aryl methyl sites for hydroxylation is 1. The number of carbonyl (C=O) groups is 3. The molecule has 1 aromatic carbocycles. The van der Waals surface area contributed by atoms with Gasteiger partial charge in [0.2, 0.25) is 5.91 Å². The van der Waals surface area contributed by atoms with Crippen molar-refractivity contribution < 1.29 is 14.4 Å². The number of carbonyl (C=O) groups excluding carboxylic acids is 3. The minimum absolute atomic E-state index is 0.0218. The SMILES string of the molecule is Cc1cccc(NC(=O)CN2CCN(CN3C(=O)N[C@](C)(C4CC4)C3=O)CC2)c1C. The van der Waals surface area contributed by atoms with E-state index in [-0.39, 0.29) is 23.8 Å². The molecule has 2 heterocycles. The van der Waals surface area contributed by atoms with Gasteiger partial charge in [-0.15, -0.1) is 0 Å². The number of imide groups is 1. The Labute approximate surface area is 177 Å². The van der Waals surface area contributed by atoms with Gasteiger partial charge in [-0.25, -0.2) is 9.69 Å². The number of urea groups is 1. The molecule has 3 fully saturated rings. The summed E-state index contributed by atoms with van der Waals surface area (Å²) in [6, 6.07) is 5.61. The van der Waals surface area contributed by atoms with Crippen molar-refractivity contribution in [2.24, 2.45) is 5.92 Å². The van der Waals surface area contributed by atoms with Crippen LogP contribution in [0.2, 0.25) is 0 Å². The first kappa shape index (κ1) is 20.8. The second kappa shape index (κ2) is 8.00. The van der Waals surface area contributed by atoms with E-state index < -0.39 is 5.54 Å². The van der Waals surface area contributed by atoms with E-state index >= 15 is 0 Å². The van der Waals surface area contributed by atoms with Crippen molar-refractivity contribution in [1.29, 1.82) is 0 Å². The highest BCUT2D eigenvalue weighted by atomic mass is 16.2. The Balaban J connectivity index is 1.25. The monoisotopic (exact) mass is 413 g/mol. The molecule has 8 heteroatoms. The summed E-state index contributed by atoms with van der Waals surface area (Å²) in [5.74, 6) is 0.142. The maximum atomic E-state index is 12.8. The first-order chi connectivity index (χ1) is 14.3. The number of nitrogens with one attached hydrogen (secondary N) is 2. The highest BCUT2D eigenvalue weighted by Crippen LogP contribution is 2.42. The number of benzene rings is 1. The van der Waals surface area contributed by atoms with Crippen LogP contribution < -0.4 is 10.6 Å². The van der Waals surface area contributed by atoms with Gasteiger partial charge in [0, 0.05) is 31.9 Å². The molecular weight excluding hydrogens is 382 g/mol. The van der Waals surface area contributed by atoms with Crippen molar-refractivity contribution in [2.45, 2.75) is 39.2 Å². The molecule has 0 unspecified atom stereocenters. The zero-order valence-electron chi connectivity index (χ0n) is 18.0. The molecule has 4 amide bonds. The van der Waals surface area contributed by atoms with Crippen molar-refractivity contribution in [3.63, 3.8) is 0 Å². The van der Waals surface area contributed by atoms with Crippen LogP contribution >= 0.6 is 0 Å². The molecule has 1 aromatic rings. The van der Waals surface area contributed by atoms with Gasteiger partial charge in [-0.2, -0.15) is 0 Å². The molecule has 4 rings (SSSR count). The van der Waals surface area contributed by atoms with Gasteiger partial charge in [0.05, 0.1) is 13.2 Å². The third-order valence-corrected chi connectivity index (χ3v) is 6.75. The Kier molecular flexibility index (Phi) is 5.55. The van der Waals surface area contributed by atoms with Crippen molar-refractivity contribution in [2.75, 3.05) is 44.7 Å². The summed E-state index contributed by atoms with van der Waals surface area (Å²) in [4.78, 5) is 43.1. The lowest BCUT2D eigenvalue weighted by Gasteiger charge is -2.35. The fourth-order valence-electron chi connectivity index (χ4n) is 4.35. The smallest absolute Gasteiger partial charge is 0.325 e. The average molecular weight is 414 g/mol. The summed E-state index contributed by atoms with van der Waals surface area (Å²) in [6.45, 7) is 9.42. The van der Waals surface area contributed by atoms with Gasteiger partial charge in [0.15, 0.2) is 0 Å². The summed E-state index contributed by atoms with van der Waals surface area (Å²) in [7, 11) is 0. The Morgan fingerprint density at radius 3 is 2.47 bits per heavy atom. The molecule has 2 aliphatic heterocycles. The lowest BCUT2D eigenvalue weighted by atomic mass is 9.96. The fraction of sp³-hybridized carbons (Fsp3) is 0.591. The van der Waals surface area contributed by atoms with E-state index in [4.69, 9.17) is 0 Å². The normalized spacial score (nSPS) is 25.5. The van der Waals surface area contributed by atoms with E-state index in [0.717, 1.165) is 42.7 Å². The van der Waals surface area contributed by atoms with Crippen LogP contribution in [0.15, 0.2) is 18.2 Å². The topological polar surface area (TPSA) is 85.0 Å². The largest absolute Gasteiger partial charge is 0.326 e. The molecule has 0 aromatic heterocycles. The first-order valence-electron chi connectivity index (χ1n) is 10.7. The van der Waals surface area contributed by atoms with Gasteiger partial charge in [-0.1, -0.05) is 12.1 Å². The molecule has 2 saturated heterocycles. The van der Waals surface area contributed by atoms with E-state index in [0.29, 0.717) is 26.3 Å². The molecule has 1 atom stereocenters. The van der Waals surface area contributed by atoms with Crippen LogP contribution in [-0.4, -0.2) is 77.5 Å². The van der Waals surface area contributed by atoms with E-state index in [9.17, 15) is 14.4 Å². The first-order valence-corrected chi connectivity index (χ1v) is 10.7. The summed E-state index contributed by atoms with van der Waals surface area (Å²) < 4.78 is 0. The number of hydrogen-bond acceptors (Lipinski definition) is 5. The third kappa shape index (κ3) is 4.06.